The fourth-order valence-electron chi connectivity index (χ4n) is 3.79. The molecule has 2 aromatic rings. The highest BCUT2D eigenvalue weighted by Crippen LogP contribution is 2.24. The molecule has 2 fully saturated rings. The standard InChI is InChI=1S/C19H23N5O2/c25-17-7-6-14(12-20-17)19(26)24-9-3-8-23(10-11-24)18-15-4-1-2-5-16(15)21-13-22-18/h1-2,4-5,13-14H,3,6-12H2,(H,20,25). The van der Waals surface area contributed by atoms with Gasteiger partial charge in [-0.1, -0.05) is 12.1 Å². The van der Waals surface area contributed by atoms with Gasteiger partial charge in [-0.25, -0.2) is 9.97 Å². The summed E-state index contributed by atoms with van der Waals surface area (Å²) in [5.74, 6) is 1.07. The number of aromatic nitrogens is 2. The molecule has 0 bridgehead atoms. The van der Waals surface area contributed by atoms with E-state index in [2.05, 4.69) is 20.2 Å². The van der Waals surface area contributed by atoms with Crippen molar-refractivity contribution in [3.8, 4) is 0 Å². The van der Waals surface area contributed by atoms with Gasteiger partial charge in [0.25, 0.3) is 0 Å². The van der Waals surface area contributed by atoms with Gasteiger partial charge in [0.05, 0.1) is 11.4 Å². The highest BCUT2D eigenvalue weighted by Gasteiger charge is 2.29. The molecule has 26 heavy (non-hydrogen) atoms. The number of hydrogen-bond donors (Lipinski definition) is 1. The molecule has 2 aliphatic rings. The molecule has 136 valence electrons. The zero-order valence-electron chi connectivity index (χ0n) is 14.7. The second kappa shape index (κ2) is 7.27. The van der Waals surface area contributed by atoms with Crippen LogP contribution in [-0.4, -0.2) is 59.4 Å². The first-order valence-electron chi connectivity index (χ1n) is 9.22. The van der Waals surface area contributed by atoms with E-state index < -0.39 is 0 Å². The number of carbonyl (C=O) groups excluding carboxylic acids is 2. The van der Waals surface area contributed by atoms with Crippen LogP contribution in [0.25, 0.3) is 10.9 Å². The second-order valence-corrected chi connectivity index (χ2v) is 6.92. The number of rotatable bonds is 2. The molecule has 0 radical (unpaired) electrons. The van der Waals surface area contributed by atoms with Crippen molar-refractivity contribution in [1.29, 1.82) is 0 Å². The zero-order chi connectivity index (χ0) is 17.9. The molecular formula is C19H23N5O2. The van der Waals surface area contributed by atoms with Crippen molar-refractivity contribution in [3.05, 3.63) is 30.6 Å². The average molecular weight is 353 g/mol. The highest BCUT2D eigenvalue weighted by molar-refractivity contribution is 5.89. The molecule has 7 nitrogen and oxygen atoms in total. The lowest BCUT2D eigenvalue weighted by molar-refractivity contribution is -0.137. The summed E-state index contributed by atoms with van der Waals surface area (Å²) in [6, 6.07) is 8.01. The number of benzene rings is 1. The number of piperidine rings is 1. The van der Waals surface area contributed by atoms with E-state index in [1.54, 1.807) is 6.33 Å². The van der Waals surface area contributed by atoms with E-state index in [-0.39, 0.29) is 17.7 Å². The van der Waals surface area contributed by atoms with Crippen LogP contribution in [0.3, 0.4) is 0 Å². The van der Waals surface area contributed by atoms with E-state index in [0.29, 0.717) is 25.9 Å². The highest BCUT2D eigenvalue weighted by atomic mass is 16.2. The minimum atomic E-state index is -0.0841. The first kappa shape index (κ1) is 16.8. The Bertz CT molecular complexity index is 809. The Balaban J connectivity index is 1.46. The number of hydrogen-bond acceptors (Lipinski definition) is 5. The number of nitrogens with one attached hydrogen (secondary N) is 1. The molecule has 2 amide bonds. The van der Waals surface area contributed by atoms with Crippen LogP contribution in [-0.2, 0) is 9.59 Å². The summed E-state index contributed by atoms with van der Waals surface area (Å²) in [4.78, 5) is 37.2. The minimum Gasteiger partial charge on any atom is -0.355 e. The summed E-state index contributed by atoms with van der Waals surface area (Å²) in [6.07, 6.45) is 3.62. The van der Waals surface area contributed by atoms with Crippen LogP contribution in [0, 0.1) is 5.92 Å². The number of anilines is 1. The Hall–Kier alpha value is -2.70. The summed E-state index contributed by atoms with van der Waals surface area (Å²) < 4.78 is 0. The molecule has 1 atom stereocenters. The second-order valence-electron chi connectivity index (χ2n) is 6.92. The van der Waals surface area contributed by atoms with E-state index >= 15 is 0 Å². The molecular weight excluding hydrogens is 330 g/mol. The summed E-state index contributed by atoms with van der Waals surface area (Å²) in [6.45, 7) is 3.52. The molecule has 7 heteroatoms. The van der Waals surface area contributed by atoms with Crippen LogP contribution in [0.1, 0.15) is 19.3 Å². The van der Waals surface area contributed by atoms with Crippen LogP contribution in [0.5, 0.6) is 0 Å². The molecule has 0 spiro atoms. The molecule has 1 aromatic heterocycles. The van der Waals surface area contributed by atoms with Crippen molar-refractivity contribution in [2.24, 2.45) is 5.92 Å². The summed E-state index contributed by atoms with van der Waals surface area (Å²) >= 11 is 0. The fraction of sp³-hybridized carbons (Fsp3) is 0.474. The van der Waals surface area contributed by atoms with Crippen molar-refractivity contribution >= 4 is 28.5 Å². The number of carbonyl (C=O) groups is 2. The van der Waals surface area contributed by atoms with Crippen molar-refractivity contribution in [2.45, 2.75) is 19.3 Å². The van der Waals surface area contributed by atoms with Gasteiger partial charge in [0.15, 0.2) is 0 Å². The molecule has 2 saturated heterocycles. The van der Waals surface area contributed by atoms with Gasteiger partial charge in [0, 0.05) is 44.5 Å². The number of amides is 2. The lowest BCUT2D eigenvalue weighted by Gasteiger charge is -2.28. The monoisotopic (exact) mass is 353 g/mol. The molecule has 2 aliphatic heterocycles. The molecule has 3 heterocycles. The number of nitrogens with zero attached hydrogens (tertiary/aromatic N) is 4. The van der Waals surface area contributed by atoms with Gasteiger partial charge in [-0.05, 0) is 25.0 Å². The fourth-order valence-corrected chi connectivity index (χ4v) is 3.79. The van der Waals surface area contributed by atoms with Crippen molar-refractivity contribution in [3.63, 3.8) is 0 Å². The van der Waals surface area contributed by atoms with Gasteiger partial charge in [0.2, 0.25) is 11.8 Å². The Labute approximate surface area is 152 Å². The van der Waals surface area contributed by atoms with Gasteiger partial charge in [-0.2, -0.15) is 0 Å². The van der Waals surface area contributed by atoms with Gasteiger partial charge < -0.3 is 15.1 Å². The number of fused-ring (bicyclic) bond motifs is 1. The van der Waals surface area contributed by atoms with Crippen LogP contribution in [0.2, 0.25) is 0 Å². The first-order valence-corrected chi connectivity index (χ1v) is 9.22. The lowest BCUT2D eigenvalue weighted by Crippen LogP contribution is -2.46. The van der Waals surface area contributed by atoms with E-state index in [4.69, 9.17) is 0 Å². The summed E-state index contributed by atoms with van der Waals surface area (Å²) in [5, 5.41) is 3.85. The Morgan fingerprint density at radius 1 is 1.12 bits per heavy atom. The maximum atomic E-state index is 12.8. The number of para-hydroxylation sites is 1. The normalized spacial score (nSPS) is 21.4. The molecule has 0 saturated carbocycles. The van der Waals surface area contributed by atoms with Crippen molar-refractivity contribution < 1.29 is 9.59 Å². The Kier molecular flexibility index (Phi) is 4.69. The van der Waals surface area contributed by atoms with Crippen LogP contribution in [0.4, 0.5) is 5.82 Å². The summed E-state index contributed by atoms with van der Waals surface area (Å²) in [7, 11) is 0. The van der Waals surface area contributed by atoms with Gasteiger partial charge in [0.1, 0.15) is 12.1 Å². The van der Waals surface area contributed by atoms with E-state index in [0.717, 1.165) is 42.8 Å². The predicted molar refractivity (Wildman–Crippen MR) is 98.7 cm³/mol. The van der Waals surface area contributed by atoms with Crippen LogP contribution < -0.4 is 10.2 Å². The molecule has 0 aliphatic carbocycles. The largest absolute Gasteiger partial charge is 0.355 e. The molecule has 1 unspecified atom stereocenters. The van der Waals surface area contributed by atoms with Crippen molar-refractivity contribution in [2.75, 3.05) is 37.6 Å². The third-order valence-electron chi connectivity index (χ3n) is 5.24. The van der Waals surface area contributed by atoms with Gasteiger partial charge >= 0.3 is 0 Å². The summed E-state index contributed by atoms with van der Waals surface area (Å²) in [5.41, 5.74) is 0.938. The third kappa shape index (κ3) is 3.34. The van der Waals surface area contributed by atoms with E-state index in [1.165, 1.54) is 0 Å². The first-order chi connectivity index (χ1) is 12.7. The van der Waals surface area contributed by atoms with Crippen molar-refractivity contribution in [1.82, 2.24) is 20.2 Å². The maximum absolute atomic E-state index is 12.8. The smallest absolute Gasteiger partial charge is 0.227 e. The van der Waals surface area contributed by atoms with E-state index in [9.17, 15) is 9.59 Å². The van der Waals surface area contributed by atoms with E-state index in [1.807, 2.05) is 29.2 Å². The minimum absolute atomic E-state index is 0.0479. The zero-order valence-corrected chi connectivity index (χ0v) is 14.7. The molecule has 1 aromatic carbocycles. The van der Waals surface area contributed by atoms with Gasteiger partial charge in [-0.3, -0.25) is 9.59 Å². The SMILES string of the molecule is O=C1CCC(C(=O)N2CCCN(c3ncnc4ccccc34)CC2)CN1. The third-order valence-corrected chi connectivity index (χ3v) is 5.24. The topological polar surface area (TPSA) is 78.4 Å². The van der Waals surface area contributed by atoms with Crippen LogP contribution in [0.15, 0.2) is 30.6 Å². The predicted octanol–water partition coefficient (Wildman–Crippen LogP) is 1.19. The Morgan fingerprint density at radius 3 is 2.85 bits per heavy atom. The van der Waals surface area contributed by atoms with Crippen LogP contribution >= 0.6 is 0 Å². The quantitative estimate of drug-likeness (QED) is 0.878. The lowest BCUT2D eigenvalue weighted by atomic mass is 9.97. The Morgan fingerprint density at radius 2 is 2.00 bits per heavy atom. The molecule has 1 N–H and O–H groups in total. The maximum Gasteiger partial charge on any atom is 0.227 e. The average Bonchev–Trinajstić information content (AvgIpc) is 2.94. The molecule has 4 rings (SSSR count). The van der Waals surface area contributed by atoms with Gasteiger partial charge in [-0.15, -0.1) is 0 Å².